The number of benzene rings is 2. The van der Waals surface area contributed by atoms with Crippen molar-refractivity contribution < 1.29 is 23.1 Å². The van der Waals surface area contributed by atoms with Crippen LogP contribution in [-0.4, -0.2) is 11.8 Å². The lowest BCUT2D eigenvalue weighted by Crippen LogP contribution is -2.42. The van der Waals surface area contributed by atoms with E-state index < -0.39 is 5.91 Å². The molecule has 3 aromatic rings. The molecule has 1 aromatic heterocycles. The lowest BCUT2D eigenvalue weighted by molar-refractivity contribution is -0.123. The van der Waals surface area contributed by atoms with Crippen LogP contribution in [0.4, 0.5) is 4.39 Å². The van der Waals surface area contributed by atoms with E-state index in [1.165, 1.54) is 12.1 Å². The first-order valence-corrected chi connectivity index (χ1v) is 9.23. The Morgan fingerprint density at radius 3 is 2.55 bits per heavy atom. The van der Waals surface area contributed by atoms with Crippen LogP contribution in [0.5, 0.6) is 5.75 Å². The Labute approximate surface area is 166 Å². The molecule has 0 saturated heterocycles. The largest absolute Gasteiger partial charge is 0.486 e. The van der Waals surface area contributed by atoms with Crippen molar-refractivity contribution in [3.05, 3.63) is 89.6 Å². The van der Waals surface area contributed by atoms with Gasteiger partial charge in [0.1, 0.15) is 23.9 Å². The quantitative estimate of drug-likeness (QED) is 0.627. The van der Waals surface area contributed by atoms with E-state index in [-0.39, 0.29) is 35.9 Å². The van der Waals surface area contributed by atoms with Crippen molar-refractivity contribution in [2.24, 2.45) is 5.92 Å². The molecule has 2 N–H and O–H groups in total. The van der Waals surface area contributed by atoms with E-state index in [2.05, 4.69) is 10.9 Å². The van der Waals surface area contributed by atoms with E-state index in [9.17, 15) is 14.0 Å². The molecule has 4 rings (SSSR count). The molecule has 2 atom stereocenters. The molecule has 0 bridgehead atoms. The Bertz CT molecular complexity index is 1020. The predicted octanol–water partition coefficient (Wildman–Crippen LogP) is 3.56. The van der Waals surface area contributed by atoms with Gasteiger partial charge in [-0.2, -0.15) is 0 Å². The second kappa shape index (κ2) is 8.18. The van der Waals surface area contributed by atoms with E-state index in [0.29, 0.717) is 23.5 Å². The van der Waals surface area contributed by atoms with Crippen molar-refractivity contribution in [3.8, 4) is 5.75 Å². The molecule has 1 aliphatic carbocycles. The number of para-hydroxylation sites is 1. The molecule has 148 valence electrons. The zero-order chi connectivity index (χ0) is 20.2. The van der Waals surface area contributed by atoms with E-state index >= 15 is 0 Å². The van der Waals surface area contributed by atoms with Gasteiger partial charge < -0.3 is 9.15 Å². The normalized spacial score (nSPS) is 17.4. The molecular weight excluding hydrogens is 375 g/mol. The van der Waals surface area contributed by atoms with Gasteiger partial charge in [0.25, 0.3) is 0 Å². The van der Waals surface area contributed by atoms with Gasteiger partial charge in [0.2, 0.25) is 5.91 Å². The molecule has 1 fully saturated rings. The van der Waals surface area contributed by atoms with Crippen molar-refractivity contribution in [3.63, 3.8) is 0 Å². The summed E-state index contributed by atoms with van der Waals surface area (Å²) in [5.41, 5.74) is 5.23. The Balaban J connectivity index is 1.25. The van der Waals surface area contributed by atoms with E-state index in [1.54, 1.807) is 24.3 Å². The van der Waals surface area contributed by atoms with Gasteiger partial charge in [-0.15, -0.1) is 0 Å². The topological polar surface area (TPSA) is 80.6 Å². The smallest absolute Gasteiger partial charge is 0.305 e. The molecule has 1 aliphatic rings. The maximum Gasteiger partial charge on any atom is 0.305 e. The number of furan rings is 1. The maximum atomic E-state index is 13.8. The highest BCUT2D eigenvalue weighted by atomic mass is 19.1. The van der Waals surface area contributed by atoms with Crippen LogP contribution in [0.25, 0.3) is 0 Å². The molecule has 0 spiro atoms. The van der Waals surface area contributed by atoms with Crippen LogP contribution >= 0.6 is 0 Å². The zero-order valence-electron chi connectivity index (χ0n) is 15.4. The number of halogens is 1. The van der Waals surface area contributed by atoms with Gasteiger partial charge in [0.05, 0.1) is 0 Å². The van der Waals surface area contributed by atoms with Crippen LogP contribution in [0.3, 0.4) is 0 Å². The third kappa shape index (κ3) is 4.45. The molecule has 2 aromatic carbocycles. The van der Waals surface area contributed by atoms with E-state index in [1.807, 2.05) is 30.3 Å². The summed E-state index contributed by atoms with van der Waals surface area (Å²) < 4.78 is 24.8. The molecule has 2 unspecified atom stereocenters. The Hall–Kier alpha value is -3.61. The first-order chi connectivity index (χ1) is 14.1. The van der Waals surface area contributed by atoms with Gasteiger partial charge in [-0.05, 0) is 48.2 Å². The number of hydrazine groups is 1. The molecular formula is C22H19FN2O4. The first kappa shape index (κ1) is 18.7. The zero-order valence-corrected chi connectivity index (χ0v) is 15.4. The van der Waals surface area contributed by atoms with Crippen molar-refractivity contribution in [1.29, 1.82) is 0 Å². The van der Waals surface area contributed by atoms with Gasteiger partial charge in [-0.1, -0.05) is 36.4 Å². The Kier molecular flexibility index (Phi) is 5.29. The minimum Gasteiger partial charge on any atom is -0.486 e. The molecule has 0 radical (unpaired) electrons. The van der Waals surface area contributed by atoms with Gasteiger partial charge in [0.15, 0.2) is 5.76 Å². The second-order valence-corrected chi connectivity index (χ2v) is 6.78. The highest BCUT2D eigenvalue weighted by Gasteiger charge is 2.45. The molecule has 2 amide bonds. The Morgan fingerprint density at radius 2 is 1.76 bits per heavy atom. The number of hydrogen-bond donors (Lipinski definition) is 2. The number of amides is 2. The summed E-state index contributed by atoms with van der Waals surface area (Å²) in [5.74, 6) is -0.561. The third-order valence-corrected chi connectivity index (χ3v) is 4.74. The van der Waals surface area contributed by atoms with Crippen molar-refractivity contribution in [1.82, 2.24) is 10.9 Å². The fraction of sp³-hybridized carbons (Fsp3) is 0.182. The fourth-order valence-electron chi connectivity index (χ4n) is 3.13. The number of carbonyl (C=O) groups excluding carboxylic acids is 2. The lowest BCUT2D eigenvalue weighted by atomic mass is 10.1. The summed E-state index contributed by atoms with van der Waals surface area (Å²) in [5, 5.41) is 0. The van der Waals surface area contributed by atoms with Crippen LogP contribution in [0, 0.1) is 11.7 Å². The van der Waals surface area contributed by atoms with Crippen LogP contribution in [0.1, 0.15) is 34.2 Å². The Morgan fingerprint density at radius 1 is 1.00 bits per heavy atom. The molecule has 1 saturated carbocycles. The van der Waals surface area contributed by atoms with Gasteiger partial charge in [0, 0.05) is 5.92 Å². The summed E-state index contributed by atoms with van der Waals surface area (Å²) in [6.45, 7) is 0.177. The van der Waals surface area contributed by atoms with Crippen molar-refractivity contribution >= 4 is 11.8 Å². The number of nitrogens with one attached hydrogen (secondary N) is 2. The fourth-order valence-corrected chi connectivity index (χ4v) is 3.13. The number of hydrogen-bond acceptors (Lipinski definition) is 4. The molecule has 0 aliphatic heterocycles. The van der Waals surface area contributed by atoms with E-state index in [0.717, 1.165) is 0 Å². The minimum absolute atomic E-state index is 0.0541. The highest BCUT2D eigenvalue weighted by Crippen LogP contribution is 2.48. The van der Waals surface area contributed by atoms with Gasteiger partial charge in [-0.3, -0.25) is 20.4 Å². The molecule has 1 heterocycles. The minimum atomic E-state index is -0.576. The summed E-state index contributed by atoms with van der Waals surface area (Å²) in [6.07, 6.45) is 0.546. The van der Waals surface area contributed by atoms with Crippen LogP contribution in [0.2, 0.25) is 0 Å². The number of rotatable bonds is 6. The average Bonchev–Trinajstić information content (AvgIpc) is 3.40. The third-order valence-electron chi connectivity index (χ3n) is 4.74. The van der Waals surface area contributed by atoms with Gasteiger partial charge >= 0.3 is 5.91 Å². The lowest BCUT2D eigenvalue weighted by Gasteiger charge is -2.06. The molecule has 6 nitrogen and oxygen atoms in total. The summed E-state index contributed by atoms with van der Waals surface area (Å²) in [4.78, 5) is 24.4. The van der Waals surface area contributed by atoms with Gasteiger partial charge in [-0.25, -0.2) is 4.39 Å². The molecule has 29 heavy (non-hydrogen) atoms. The number of ether oxygens (including phenoxy) is 1. The second-order valence-electron chi connectivity index (χ2n) is 6.78. The standard InChI is InChI=1S/C22H19FN2O4/c23-19-9-5-4-8-16(19)17-12-18(17)21(26)24-25-22(27)20-11-10-15(29-20)13-28-14-6-2-1-3-7-14/h1-11,17-18H,12-13H2,(H,24,26)(H,25,27). The summed E-state index contributed by atoms with van der Waals surface area (Å²) in [6, 6.07) is 18.8. The molecule has 7 heteroatoms. The highest BCUT2D eigenvalue weighted by molar-refractivity contribution is 5.93. The monoisotopic (exact) mass is 394 g/mol. The van der Waals surface area contributed by atoms with Crippen LogP contribution < -0.4 is 15.6 Å². The SMILES string of the molecule is O=C(NNC(=O)C1CC1c1ccccc1F)c1ccc(COc2ccccc2)o1. The van der Waals surface area contributed by atoms with Crippen LogP contribution in [-0.2, 0) is 11.4 Å². The first-order valence-electron chi connectivity index (χ1n) is 9.23. The number of carbonyl (C=O) groups is 2. The summed E-state index contributed by atoms with van der Waals surface area (Å²) >= 11 is 0. The maximum absolute atomic E-state index is 13.8. The van der Waals surface area contributed by atoms with Crippen LogP contribution in [0.15, 0.2) is 71.1 Å². The van der Waals surface area contributed by atoms with E-state index in [4.69, 9.17) is 9.15 Å². The predicted molar refractivity (Wildman–Crippen MR) is 102 cm³/mol. The average molecular weight is 394 g/mol. The van der Waals surface area contributed by atoms with Crippen molar-refractivity contribution in [2.45, 2.75) is 18.9 Å². The van der Waals surface area contributed by atoms with Crippen molar-refractivity contribution in [2.75, 3.05) is 0 Å². The summed E-state index contributed by atoms with van der Waals surface area (Å²) in [7, 11) is 0.